The van der Waals surface area contributed by atoms with Crippen molar-refractivity contribution < 1.29 is 14.0 Å². The number of carbonyl (C=O) groups excluding carboxylic acids is 2. The number of hydrogen-bond donors (Lipinski definition) is 1. The van der Waals surface area contributed by atoms with Crippen LogP contribution in [-0.2, 0) is 16.1 Å². The summed E-state index contributed by atoms with van der Waals surface area (Å²) >= 11 is 5.93. The molecule has 0 bridgehead atoms. The van der Waals surface area contributed by atoms with E-state index < -0.39 is 0 Å². The molecule has 2 aromatic heterocycles. The first-order valence-corrected chi connectivity index (χ1v) is 7.64. The molecular formula is C18H15ClFN3O2. The monoisotopic (exact) mass is 359 g/mol. The molecule has 0 unspecified atom stereocenters. The Morgan fingerprint density at radius 1 is 1.20 bits per heavy atom. The Labute approximate surface area is 148 Å². The molecule has 128 valence electrons. The molecule has 5 nitrogen and oxygen atoms in total. The lowest BCUT2D eigenvalue weighted by Gasteiger charge is -2.09. The molecule has 0 radical (unpaired) electrons. The van der Waals surface area contributed by atoms with Gasteiger partial charge >= 0.3 is 6.15 Å². The van der Waals surface area contributed by atoms with E-state index in [0.29, 0.717) is 17.4 Å². The van der Waals surface area contributed by atoms with E-state index in [-0.39, 0.29) is 12.0 Å². The molecule has 25 heavy (non-hydrogen) atoms. The van der Waals surface area contributed by atoms with Crippen LogP contribution in [0, 0.1) is 12.7 Å². The van der Waals surface area contributed by atoms with Gasteiger partial charge in [0.1, 0.15) is 11.0 Å². The van der Waals surface area contributed by atoms with Crippen LogP contribution in [0.4, 0.5) is 10.1 Å². The van der Waals surface area contributed by atoms with E-state index in [1.165, 1.54) is 12.1 Å². The number of hydrogen-bond acceptors (Lipinski definition) is 4. The fraction of sp³-hybridized carbons (Fsp3) is 0.111. The average Bonchev–Trinajstić information content (AvgIpc) is 2.93. The van der Waals surface area contributed by atoms with Gasteiger partial charge in [-0.2, -0.15) is 9.59 Å². The number of anilines is 1. The summed E-state index contributed by atoms with van der Waals surface area (Å²) in [6.45, 7) is 2.63. The van der Waals surface area contributed by atoms with Gasteiger partial charge < -0.3 is 10.3 Å². The number of nitrogens with two attached hydrogens (primary N) is 1. The third kappa shape index (κ3) is 4.76. The van der Waals surface area contributed by atoms with Gasteiger partial charge in [0.05, 0.1) is 11.9 Å². The SMILES string of the molecule is Cc1cc(-c2ccc(F)cc2)cn1Cc1cc(Cl)ncc1N.O=C=O. The van der Waals surface area contributed by atoms with Gasteiger partial charge in [0.2, 0.25) is 0 Å². The van der Waals surface area contributed by atoms with Crippen molar-refractivity contribution in [1.29, 1.82) is 0 Å². The molecule has 0 atom stereocenters. The maximum atomic E-state index is 13.0. The van der Waals surface area contributed by atoms with Crippen LogP contribution in [0.1, 0.15) is 11.3 Å². The number of benzene rings is 1. The second-order valence-corrected chi connectivity index (χ2v) is 5.68. The van der Waals surface area contributed by atoms with Crippen LogP contribution >= 0.6 is 11.6 Å². The predicted octanol–water partition coefficient (Wildman–Crippen LogP) is 3.70. The molecule has 2 N–H and O–H groups in total. The number of nitrogens with zero attached hydrogens (tertiary/aromatic N) is 2. The van der Waals surface area contributed by atoms with Crippen molar-refractivity contribution in [3.8, 4) is 11.1 Å². The Morgan fingerprint density at radius 3 is 2.48 bits per heavy atom. The van der Waals surface area contributed by atoms with E-state index in [0.717, 1.165) is 22.4 Å². The zero-order valence-corrected chi connectivity index (χ0v) is 14.1. The first-order chi connectivity index (χ1) is 11.9. The van der Waals surface area contributed by atoms with Gasteiger partial charge in [0.15, 0.2) is 0 Å². The summed E-state index contributed by atoms with van der Waals surface area (Å²) in [6, 6.07) is 10.3. The number of nitrogen functional groups attached to an aromatic ring is 1. The molecule has 0 spiro atoms. The fourth-order valence-corrected chi connectivity index (χ4v) is 2.56. The Kier molecular flexibility index (Phi) is 6.06. The lowest BCUT2D eigenvalue weighted by Crippen LogP contribution is -2.04. The zero-order valence-electron chi connectivity index (χ0n) is 13.4. The van der Waals surface area contributed by atoms with Gasteiger partial charge in [0.25, 0.3) is 0 Å². The molecule has 3 aromatic rings. The number of aromatic nitrogens is 2. The van der Waals surface area contributed by atoms with Crippen molar-refractivity contribution >= 4 is 23.4 Å². The Bertz CT molecular complexity index is 901. The van der Waals surface area contributed by atoms with Gasteiger partial charge in [-0.25, -0.2) is 9.37 Å². The van der Waals surface area contributed by atoms with E-state index in [1.807, 2.05) is 13.1 Å². The number of pyridine rings is 1. The molecule has 0 aliphatic carbocycles. The van der Waals surface area contributed by atoms with E-state index in [4.69, 9.17) is 26.9 Å². The van der Waals surface area contributed by atoms with Crippen LogP contribution in [0.5, 0.6) is 0 Å². The molecular weight excluding hydrogens is 345 g/mol. The van der Waals surface area contributed by atoms with Gasteiger partial charge in [-0.15, -0.1) is 0 Å². The molecule has 0 amide bonds. The topological polar surface area (TPSA) is 78.0 Å². The van der Waals surface area contributed by atoms with E-state index in [1.54, 1.807) is 24.4 Å². The molecule has 3 rings (SSSR count). The first kappa shape index (κ1) is 18.4. The molecule has 0 saturated carbocycles. The van der Waals surface area contributed by atoms with E-state index in [9.17, 15) is 4.39 Å². The lowest BCUT2D eigenvalue weighted by molar-refractivity contribution is -0.191. The molecule has 2 heterocycles. The van der Waals surface area contributed by atoms with Crippen molar-refractivity contribution in [2.45, 2.75) is 13.5 Å². The highest BCUT2D eigenvalue weighted by Crippen LogP contribution is 2.24. The maximum Gasteiger partial charge on any atom is 0.373 e. The lowest BCUT2D eigenvalue weighted by atomic mass is 10.1. The smallest absolute Gasteiger partial charge is 0.373 e. The summed E-state index contributed by atoms with van der Waals surface area (Å²) in [5.74, 6) is -0.237. The quantitative estimate of drug-likeness (QED) is 0.723. The molecule has 0 aliphatic rings. The van der Waals surface area contributed by atoms with Gasteiger partial charge in [-0.3, -0.25) is 0 Å². The maximum absolute atomic E-state index is 13.0. The number of halogens is 2. The van der Waals surface area contributed by atoms with Gasteiger partial charge in [-0.1, -0.05) is 23.7 Å². The summed E-state index contributed by atoms with van der Waals surface area (Å²) in [6.07, 6.45) is 3.84. The normalized spacial score (nSPS) is 9.88. The van der Waals surface area contributed by atoms with E-state index in [2.05, 4.69) is 15.6 Å². The first-order valence-electron chi connectivity index (χ1n) is 7.26. The highest BCUT2D eigenvalue weighted by atomic mass is 35.5. The summed E-state index contributed by atoms with van der Waals surface area (Å²) < 4.78 is 15.1. The Morgan fingerprint density at radius 2 is 1.84 bits per heavy atom. The Balaban J connectivity index is 0.000000701. The molecule has 0 saturated heterocycles. The van der Waals surface area contributed by atoms with Crippen LogP contribution in [0.2, 0.25) is 5.15 Å². The minimum absolute atomic E-state index is 0.237. The number of aryl methyl sites for hydroxylation is 1. The van der Waals surface area contributed by atoms with Crippen molar-refractivity contribution in [2.24, 2.45) is 0 Å². The summed E-state index contributed by atoms with van der Waals surface area (Å²) in [5, 5.41) is 0.424. The largest absolute Gasteiger partial charge is 0.397 e. The predicted molar refractivity (Wildman–Crippen MR) is 92.3 cm³/mol. The minimum Gasteiger partial charge on any atom is -0.397 e. The van der Waals surface area contributed by atoms with Crippen LogP contribution < -0.4 is 5.73 Å². The van der Waals surface area contributed by atoms with Gasteiger partial charge in [0, 0.05) is 18.4 Å². The van der Waals surface area contributed by atoms with E-state index >= 15 is 0 Å². The highest BCUT2D eigenvalue weighted by Gasteiger charge is 2.08. The minimum atomic E-state index is -0.237. The van der Waals surface area contributed by atoms with Crippen LogP contribution in [0.15, 0.2) is 48.8 Å². The third-order valence-corrected chi connectivity index (χ3v) is 3.83. The molecule has 7 heteroatoms. The second-order valence-electron chi connectivity index (χ2n) is 5.29. The van der Waals surface area contributed by atoms with Crippen LogP contribution in [0.3, 0.4) is 0 Å². The fourth-order valence-electron chi connectivity index (χ4n) is 2.38. The summed E-state index contributed by atoms with van der Waals surface area (Å²) in [5.41, 5.74) is 10.6. The second kappa shape index (κ2) is 8.24. The molecule has 0 aliphatic heterocycles. The summed E-state index contributed by atoms with van der Waals surface area (Å²) in [7, 11) is 0. The highest BCUT2D eigenvalue weighted by molar-refractivity contribution is 6.29. The average molecular weight is 360 g/mol. The van der Waals surface area contributed by atoms with Crippen LogP contribution in [0.25, 0.3) is 11.1 Å². The van der Waals surface area contributed by atoms with Crippen molar-refractivity contribution in [3.05, 3.63) is 71.0 Å². The number of rotatable bonds is 3. The summed E-state index contributed by atoms with van der Waals surface area (Å²) in [4.78, 5) is 20.2. The molecule has 1 aromatic carbocycles. The van der Waals surface area contributed by atoms with Crippen molar-refractivity contribution in [2.75, 3.05) is 5.73 Å². The van der Waals surface area contributed by atoms with Gasteiger partial charge in [-0.05, 0) is 47.9 Å². The van der Waals surface area contributed by atoms with Crippen molar-refractivity contribution in [3.63, 3.8) is 0 Å². The standard InChI is InChI=1S/C17H15ClFN3.CO2/c1-11-6-13(12-2-4-15(19)5-3-12)9-22(11)10-14-7-17(18)21-8-16(14)20;2-1-3/h2-9H,10,20H2,1H3;. The third-order valence-electron chi connectivity index (χ3n) is 3.62. The zero-order chi connectivity index (χ0) is 18.4. The van der Waals surface area contributed by atoms with Crippen LogP contribution in [-0.4, -0.2) is 15.7 Å². The van der Waals surface area contributed by atoms with Crippen molar-refractivity contribution in [1.82, 2.24) is 9.55 Å². The Hall–Kier alpha value is -2.95. The molecule has 0 fully saturated rings.